The van der Waals surface area contributed by atoms with Crippen LogP contribution in [-0.4, -0.2) is 123 Å². The molecular formula is C8H18KN2O10S2. The molecule has 0 amide bonds. The van der Waals surface area contributed by atoms with Gasteiger partial charge in [-0.15, -0.1) is 13.2 Å². The number of rotatable bonds is 6. The minimum absolute atomic E-state index is 0. The van der Waals surface area contributed by atoms with Gasteiger partial charge in [-0.25, -0.2) is 0 Å². The second-order valence-electron chi connectivity index (χ2n) is 3.39. The van der Waals surface area contributed by atoms with E-state index < -0.39 is 55.8 Å². The predicted octanol–water partition coefficient (Wildman–Crippen LogP) is -3.01. The molecule has 8 N–H and O–H groups in total. The number of hydrogen-bond acceptors (Lipinski definition) is 8. The van der Waals surface area contributed by atoms with Gasteiger partial charge < -0.3 is 21.7 Å². The molecule has 1 radical (unpaired) electrons. The van der Waals surface area contributed by atoms with Crippen LogP contribution in [0.4, 0.5) is 0 Å². The van der Waals surface area contributed by atoms with Gasteiger partial charge in [0, 0.05) is 51.4 Å². The van der Waals surface area contributed by atoms with E-state index in [9.17, 15) is 26.4 Å². The predicted molar refractivity (Wildman–Crippen MR) is 81.1 cm³/mol. The van der Waals surface area contributed by atoms with Crippen LogP contribution < -0.4 is 11.5 Å². The molecule has 0 saturated heterocycles. The second kappa shape index (κ2) is 14.4. The average Bonchev–Trinajstić information content (AvgIpc) is 2.27. The number of carbonyl (C=O) groups is 2. The van der Waals surface area contributed by atoms with E-state index in [4.69, 9.17) is 30.8 Å². The van der Waals surface area contributed by atoms with Crippen molar-refractivity contribution >= 4 is 83.6 Å². The van der Waals surface area contributed by atoms with E-state index in [1.165, 1.54) is 0 Å². The number of nitrogens with two attached hydrogens (primary N) is 2. The normalized spacial score (nSPS) is 12.9. The Morgan fingerprint density at radius 1 is 0.826 bits per heavy atom. The summed E-state index contributed by atoms with van der Waals surface area (Å²) >= 11 is 0. The smallest absolute Gasteiger partial charge is 0.321 e. The van der Waals surface area contributed by atoms with Gasteiger partial charge in [0.05, 0.1) is 0 Å². The molecule has 0 aliphatic heterocycles. The molecule has 0 rings (SSSR count). The molecule has 0 spiro atoms. The van der Waals surface area contributed by atoms with E-state index in [0.717, 1.165) is 0 Å². The van der Waals surface area contributed by atoms with Crippen LogP contribution in [0.5, 0.6) is 0 Å². The standard InChI is InChI=1S/2C3H7NO5S.C2H4.K/c2*4-2(3(5)6)1-10(7,8)9;1-2;/h2*2H,1,4H2,(H,5,6)(H,7,8,9);1-2H2;/t2*2-;;/m00../s1. The Morgan fingerprint density at radius 2 is 1.00 bits per heavy atom. The first-order valence-electron chi connectivity index (χ1n) is 5.03. The first-order valence-corrected chi connectivity index (χ1v) is 8.24. The van der Waals surface area contributed by atoms with Gasteiger partial charge in [-0.1, -0.05) is 0 Å². The molecule has 0 fully saturated rings. The van der Waals surface area contributed by atoms with Crippen LogP contribution in [0.25, 0.3) is 0 Å². The third-order valence-electron chi connectivity index (χ3n) is 1.41. The quantitative estimate of drug-likeness (QED) is 0.147. The van der Waals surface area contributed by atoms with Crippen molar-refractivity contribution in [2.45, 2.75) is 12.1 Å². The van der Waals surface area contributed by atoms with Crippen LogP contribution >= 0.6 is 0 Å². The molecule has 2 atom stereocenters. The van der Waals surface area contributed by atoms with Crippen molar-refractivity contribution in [2.75, 3.05) is 11.5 Å². The minimum atomic E-state index is -4.27. The summed E-state index contributed by atoms with van der Waals surface area (Å²) < 4.78 is 56.0. The van der Waals surface area contributed by atoms with Gasteiger partial charge in [-0.3, -0.25) is 18.7 Å². The van der Waals surface area contributed by atoms with Crippen molar-refractivity contribution in [1.29, 1.82) is 0 Å². The van der Waals surface area contributed by atoms with Crippen LogP contribution in [-0.2, 0) is 29.8 Å². The van der Waals surface area contributed by atoms with E-state index in [1.807, 2.05) is 0 Å². The van der Waals surface area contributed by atoms with Crippen molar-refractivity contribution in [3.05, 3.63) is 13.2 Å². The number of aliphatic carboxylic acids is 2. The molecule has 0 aromatic rings. The van der Waals surface area contributed by atoms with Crippen molar-refractivity contribution in [2.24, 2.45) is 11.5 Å². The van der Waals surface area contributed by atoms with E-state index in [1.54, 1.807) is 0 Å². The maximum absolute atomic E-state index is 9.96. The van der Waals surface area contributed by atoms with Gasteiger partial charge in [0.2, 0.25) is 0 Å². The summed E-state index contributed by atoms with van der Waals surface area (Å²) in [6.07, 6.45) is 0. The van der Waals surface area contributed by atoms with Crippen molar-refractivity contribution in [3.8, 4) is 0 Å². The van der Waals surface area contributed by atoms with E-state index in [2.05, 4.69) is 13.2 Å². The fourth-order valence-electron chi connectivity index (χ4n) is 0.596. The Hall–Kier alpha value is 0.0564. The molecule has 0 saturated carbocycles. The number of carboxylic acids is 2. The van der Waals surface area contributed by atoms with E-state index in [-0.39, 0.29) is 51.4 Å². The van der Waals surface area contributed by atoms with Gasteiger partial charge in [0.25, 0.3) is 20.2 Å². The third kappa shape index (κ3) is 27.2. The molecular weight excluding hydrogens is 387 g/mol. The molecule has 133 valence electrons. The van der Waals surface area contributed by atoms with Crippen molar-refractivity contribution in [3.63, 3.8) is 0 Å². The van der Waals surface area contributed by atoms with Gasteiger partial charge >= 0.3 is 11.9 Å². The molecule has 0 heterocycles. The Morgan fingerprint density at radius 3 is 1.04 bits per heavy atom. The van der Waals surface area contributed by atoms with E-state index >= 15 is 0 Å². The molecule has 0 unspecified atom stereocenters. The first kappa shape index (κ1) is 30.9. The first-order chi connectivity index (χ1) is 9.65. The SMILES string of the molecule is C=C.N[C@@H](CS(=O)(=O)O)C(=O)O.N[C@@H](CS(=O)(=O)O)C(=O)O.[K]. The average molecular weight is 405 g/mol. The summed E-state index contributed by atoms with van der Waals surface area (Å²) in [6.45, 7) is 6.00. The molecule has 23 heavy (non-hydrogen) atoms. The van der Waals surface area contributed by atoms with Crippen LogP contribution in [0, 0.1) is 0 Å². The monoisotopic (exact) mass is 405 g/mol. The zero-order valence-electron chi connectivity index (χ0n) is 12.2. The molecule has 0 aromatic carbocycles. The molecule has 0 aromatic heterocycles. The maximum Gasteiger partial charge on any atom is 0.321 e. The summed E-state index contributed by atoms with van der Waals surface area (Å²) in [5.41, 5.74) is 9.53. The Balaban J connectivity index is -0.000000136. The zero-order chi connectivity index (χ0) is 18.7. The van der Waals surface area contributed by atoms with Gasteiger partial charge in [0.15, 0.2) is 0 Å². The van der Waals surface area contributed by atoms with Gasteiger partial charge in [0.1, 0.15) is 23.6 Å². The van der Waals surface area contributed by atoms with Gasteiger partial charge in [-0.05, 0) is 0 Å². The fraction of sp³-hybridized carbons (Fsp3) is 0.500. The summed E-state index contributed by atoms with van der Waals surface area (Å²) in [4.78, 5) is 19.8. The summed E-state index contributed by atoms with van der Waals surface area (Å²) in [6, 6.07) is -3.12. The minimum Gasteiger partial charge on any atom is -0.480 e. The summed E-state index contributed by atoms with van der Waals surface area (Å²) in [7, 11) is -8.55. The third-order valence-corrected chi connectivity index (χ3v) is 2.98. The van der Waals surface area contributed by atoms with Crippen molar-refractivity contribution in [1.82, 2.24) is 0 Å². The van der Waals surface area contributed by atoms with Crippen molar-refractivity contribution < 1.29 is 45.7 Å². The number of hydrogen-bond donors (Lipinski definition) is 6. The summed E-state index contributed by atoms with van der Waals surface area (Å²) in [5, 5.41) is 16.1. The largest absolute Gasteiger partial charge is 0.480 e. The maximum atomic E-state index is 9.96. The summed E-state index contributed by atoms with van der Waals surface area (Å²) in [5.74, 6) is -4.83. The zero-order valence-corrected chi connectivity index (χ0v) is 16.9. The van der Waals surface area contributed by atoms with E-state index in [0.29, 0.717) is 0 Å². The topological polar surface area (TPSA) is 235 Å². The Labute approximate surface area is 175 Å². The number of carboxylic acid groups (broad SMARTS) is 2. The Bertz CT molecular complexity index is 511. The Kier molecular flexibility index (Phi) is 19.3. The van der Waals surface area contributed by atoms with Gasteiger partial charge in [-0.2, -0.15) is 16.8 Å². The van der Waals surface area contributed by atoms with Crippen LogP contribution in [0.15, 0.2) is 13.2 Å². The molecule has 0 bridgehead atoms. The molecule has 12 nitrogen and oxygen atoms in total. The molecule has 0 aliphatic rings. The molecule has 0 aliphatic carbocycles. The second-order valence-corrected chi connectivity index (χ2v) is 6.38. The molecule has 15 heteroatoms. The fourth-order valence-corrected chi connectivity index (χ4v) is 1.79. The van der Waals surface area contributed by atoms with Crippen LogP contribution in [0.3, 0.4) is 0 Å². The van der Waals surface area contributed by atoms with Crippen LogP contribution in [0.2, 0.25) is 0 Å². The van der Waals surface area contributed by atoms with Crippen LogP contribution in [0.1, 0.15) is 0 Å².